The zero-order valence-electron chi connectivity index (χ0n) is 9.31. The van der Waals surface area contributed by atoms with Gasteiger partial charge in [0.15, 0.2) is 0 Å². The molecule has 5 nitrogen and oxygen atoms in total. The molecule has 0 N–H and O–H groups in total. The van der Waals surface area contributed by atoms with Crippen molar-refractivity contribution < 1.29 is 0 Å². The number of nitrogens with zero attached hydrogens (tertiary/aromatic N) is 4. The molecule has 2 rings (SSSR count). The summed E-state index contributed by atoms with van der Waals surface area (Å²) < 4.78 is 4.94. The Morgan fingerprint density at radius 2 is 2.24 bits per heavy atom. The van der Waals surface area contributed by atoms with Crippen molar-refractivity contribution in [3.8, 4) is 0 Å². The summed E-state index contributed by atoms with van der Waals surface area (Å²) in [5.74, 6) is 0. The van der Waals surface area contributed by atoms with Gasteiger partial charge in [-0.25, -0.2) is 4.68 Å². The molecule has 7 heteroatoms. The smallest absolute Gasteiger partial charge is 0.268 e. The first kappa shape index (κ1) is 12.7. The Hall–Kier alpha value is -0.700. The van der Waals surface area contributed by atoms with Crippen molar-refractivity contribution in [1.29, 1.82) is 0 Å². The summed E-state index contributed by atoms with van der Waals surface area (Å²) in [6.07, 6.45) is 1.67. The minimum atomic E-state index is -0.109. The van der Waals surface area contributed by atoms with E-state index in [2.05, 4.69) is 48.7 Å². The van der Waals surface area contributed by atoms with Crippen LogP contribution in [0, 0.1) is 10.5 Å². The van der Waals surface area contributed by atoms with E-state index in [1.165, 1.54) is 4.68 Å². The van der Waals surface area contributed by atoms with E-state index in [9.17, 15) is 4.79 Å². The van der Waals surface area contributed by atoms with Crippen molar-refractivity contribution in [1.82, 2.24) is 19.6 Å². The first-order valence-electron chi connectivity index (χ1n) is 4.89. The van der Waals surface area contributed by atoms with Crippen LogP contribution in [0.15, 0.2) is 21.5 Å². The number of rotatable bonds is 2. The highest BCUT2D eigenvalue weighted by Gasteiger charge is 2.12. The maximum absolute atomic E-state index is 11.7. The Morgan fingerprint density at radius 3 is 2.76 bits per heavy atom. The van der Waals surface area contributed by atoms with E-state index in [-0.39, 0.29) is 5.56 Å². The summed E-state index contributed by atoms with van der Waals surface area (Å²) in [6.45, 7) is 2.32. The minimum Gasteiger partial charge on any atom is -0.269 e. The van der Waals surface area contributed by atoms with Crippen LogP contribution in [-0.4, -0.2) is 19.6 Å². The predicted octanol–water partition coefficient (Wildman–Crippen LogP) is 1.70. The lowest BCUT2D eigenvalue weighted by Crippen LogP contribution is -2.24. The van der Waals surface area contributed by atoms with Crippen molar-refractivity contribution in [2.24, 2.45) is 7.05 Å². The minimum absolute atomic E-state index is 0.109. The average Bonchev–Trinajstić information content (AvgIpc) is 2.48. The van der Waals surface area contributed by atoms with Gasteiger partial charge < -0.3 is 0 Å². The third-order valence-electron chi connectivity index (χ3n) is 2.40. The van der Waals surface area contributed by atoms with Crippen LogP contribution in [0.5, 0.6) is 0 Å². The molecule has 2 aromatic heterocycles. The highest BCUT2D eigenvalue weighted by Crippen LogP contribution is 2.20. The van der Waals surface area contributed by atoms with Crippen LogP contribution in [0.2, 0.25) is 0 Å². The van der Waals surface area contributed by atoms with Gasteiger partial charge in [0.05, 0.1) is 28.6 Å². The highest BCUT2D eigenvalue weighted by molar-refractivity contribution is 14.1. The standard InChI is InChI=1S/C10H10BrIN4O/c1-6-10(11)8(15(2)14-6)5-16-9(17)3-7(12)4-13-16/h3-4H,5H2,1-2H3. The monoisotopic (exact) mass is 408 g/mol. The molecular formula is C10H10BrIN4O. The van der Waals surface area contributed by atoms with E-state index in [1.807, 2.05) is 14.0 Å². The highest BCUT2D eigenvalue weighted by atomic mass is 127. The Kier molecular flexibility index (Phi) is 3.67. The number of hydrogen-bond acceptors (Lipinski definition) is 3. The Bertz CT molecular complexity index is 619. The molecule has 17 heavy (non-hydrogen) atoms. The first-order valence-corrected chi connectivity index (χ1v) is 6.77. The summed E-state index contributed by atoms with van der Waals surface area (Å²) >= 11 is 5.54. The topological polar surface area (TPSA) is 52.7 Å². The lowest BCUT2D eigenvalue weighted by Gasteiger charge is -2.05. The number of hydrogen-bond donors (Lipinski definition) is 0. The SMILES string of the molecule is Cc1nn(C)c(Cn2ncc(I)cc2=O)c1Br. The molecule has 0 aliphatic rings. The lowest BCUT2D eigenvalue weighted by molar-refractivity contribution is 0.588. The normalized spacial score (nSPS) is 10.8. The van der Waals surface area contributed by atoms with Crippen molar-refractivity contribution in [3.05, 3.63) is 42.0 Å². The van der Waals surface area contributed by atoms with Crippen molar-refractivity contribution in [2.75, 3.05) is 0 Å². The molecule has 0 atom stereocenters. The fourth-order valence-electron chi connectivity index (χ4n) is 1.52. The third kappa shape index (κ3) is 2.59. The second kappa shape index (κ2) is 4.89. The fourth-order valence-corrected chi connectivity index (χ4v) is 2.38. The van der Waals surface area contributed by atoms with Gasteiger partial charge in [-0.15, -0.1) is 0 Å². The largest absolute Gasteiger partial charge is 0.269 e. The third-order valence-corrected chi connectivity index (χ3v) is 4.02. The molecule has 0 aliphatic carbocycles. The van der Waals surface area contributed by atoms with Crippen molar-refractivity contribution in [2.45, 2.75) is 13.5 Å². The van der Waals surface area contributed by atoms with Crippen LogP contribution < -0.4 is 5.56 Å². The second-order valence-corrected chi connectivity index (χ2v) is 5.68. The summed E-state index contributed by atoms with van der Waals surface area (Å²) in [6, 6.07) is 1.56. The molecule has 0 aliphatic heterocycles. The Labute approximate surface area is 120 Å². The maximum atomic E-state index is 11.7. The van der Waals surface area contributed by atoms with Gasteiger partial charge in [0.25, 0.3) is 5.56 Å². The molecule has 0 radical (unpaired) electrons. The summed E-state index contributed by atoms with van der Waals surface area (Å²) in [5.41, 5.74) is 1.72. The lowest BCUT2D eigenvalue weighted by atomic mass is 10.3. The summed E-state index contributed by atoms with van der Waals surface area (Å²) in [5, 5.41) is 8.38. The molecule has 0 aromatic carbocycles. The summed E-state index contributed by atoms with van der Waals surface area (Å²) in [4.78, 5) is 11.7. The molecule has 0 saturated heterocycles. The van der Waals surface area contributed by atoms with Crippen LogP contribution in [-0.2, 0) is 13.6 Å². The van der Waals surface area contributed by atoms with Crippen LogP contribution in [0.25, 0.3) is 0 Å². The average molecular weight is 409 g/mol. The predicted molar refractivity (Wildman–Crippen MR) is 76.0 cm³/mol. The van der Waals surface area contributed by atoms with Gasteiger partial charge in [0.2, 0.25) is 0 Å². The number of aryl methyl sites for hydroxylation is 2. The molecule has 0 unspecified atom stereocenters. The number of halogens is 2. The number of aromatic nitrogens is 4. The van der Waals surface area contributed by atoms with Gasteiger partial charge in [-0.2, -0.15) is 10.2 Å². The molecule has 2 heterocycles. The van der Waals surface area contributed by atoms with Gasteiger partial charge in [0, 0.05) is 16.7 Å². The van der Waals surface area contributed by atoms with E-state index in [4.69, 9.17) is 0 Å². The van der Waals surface area contributed by atoms with Crippen LogP contribution >= 0.6 is 38.5 Å². The molecule has 0 spiro atoms. The van der Waals surface area contributed by atoms with E-state index in [1.54, 1.807) is 16.9 Å². The summed E-state index contributed by atoms with van der Waals surface area (Å²) in [7, 11) is 1.85. The van der Waals surface area contributed by atoms with Crippen molar-refractivity contribution in [3.63, 3.8) is 0 Å². The van der Waals surface area contributed by atoms with Crippen LogP contribution in [0.1, 0.15) is 11.4 Å². The Balaban J connectivity index is 2.41. The first-order chi connectivity index (χ1) is 7.99. The second-order valence-electron chi connectivity index (χ2n) is 3.64. The van der Waals surface area contributed by atoms with E-state index in [0.29, 0.717) is 6.54 Å². The zero-order chi connectivity index (χ0) is 12.6. The molecule has 90 valence electrons. The van der Waals surface area contributed by atoms with E-state index >= 15 is 0 Å². The van der Waals surface area contributed by atoms with Crippen LogP contribution in [0.3, 0.4) is 0 Å². The quantitative estimate of drug-likeness (QED) is 0.710. The fraction of sp³-hybridized carbons (Fsp3) is 0.300. The molecule has 0 bridgehead atoms. The Morgan fingerprint density at radius 1 is 1.53 bits per heavy atom. The van der Waals surface area contributed by atoms with Gasteiger partial charge in [-0.05, 0) is 45.4 Å². The zero-order valence-corrected chi connectivity index (χ0v) is 13.1. The van der Waals surface area contributed by atoms with Gasteiger partial charge in [-0.1, -0.05) is 0 Å². The molecular weight excluding hydrogens is 399 g/mol. The van der Waals surface area contributed by atoms with E-state index in [0.717, 1.165) is 19.4 Å². The van der Waals surface area contributed by atoms with Gasteiger partial charge >= 0.3 is 0 Å². The van der Waals surface area contributed by atoms with Gasteiger partial charge in [-0.3, -0.25) is 9.48 Å². The molecule has 0 amide bonds. The molecule has 2 aromatic rings. The molecule has 0 fully saturated rings. The molecule has 0 saturated carbocycles. The van der Waals surface area contributed by atoms with Gasteiger partial charge in [0.1, 0.15) is 0 Å². The van der Waals surface area contributed by atoms with Crippen molar-refractivity contribution >= 4 is 38.5 Å². The maximum Gasteiger partial charge on any atom is 0.268 e. The van der Waals surface area contributed by atoms with Crippen LogP contribution in [0.4, 0.5) is 0 Å². The van der Waals surface area contributed by atoms with E-state index < -0.39 is 0 Å².